The van der Waals surface area contributed by atoms with E-state index in [1.165, 1.54) is 6.92 Å². The van der Waals surface area contributed by atoms with E-state index in [0.29, 0.717) is 5.39 Å². The molecule has 1 amide bonds. The van der Waals surface area contributed by atoms with E-state index < -0.39 is 79.9 Å². The number of ether oxygens (including phenoxy) is 2. The second kappa shape index (κ2) is 12.8. The Bertz CT molecular complexity index is 1420. The molecular formula is C27H31F2N2O9PS. The summed E-state index contributed by atoms with van der Waals surface area (Å²) in [4.78, 5) is 37.3. The van der Waals surface area contributed by atoms with Gasteiger partial charge in [-0.1, -0.05) is 36.4 Å². The van der Waals surface area contributed by atoms with Gasteiger partial charge in [0, 0.05) is 11.6 Å². The minimum atomic E-state index is -3.92. The highest BCUT2D eigenvalue weighted by molar-refractivity contribution is 8.09. The standard InChI is InChI=1S/C27H31F2N2O9PS/c1-15(2)38-25(36)16(3)30-41(42,40-20-10-6-8-17-7-4-5-9-19(17)20)37-14-27(26(28)29)23(35)22(34)24(39-27)31-12-11-18(32)13-21(31)33/h4-12,15-16,22-24,26,34-35H,13-14H2,1-3H3,(H,30,42)/t16-,22-,23-,24+,27+,41?/m0/s1. The summed E-state index contributed by atoms with van der Waals surface area (Å²) in [6.07, 6.45) is -8.42. The summed E-state index contributed by atoms with van der Waals surface area (Å²) in [7, 11) is 0. The molecule has 0 spiro atoms. The predicted molar refractivity (Wildman–Crippen MR) is 150 cm³/mol. The molecule has 1 unspecified atom stereocenters. The third-order valence-electron chi connectivity index (χ3n) is 6.62. The Morgan fingerprint density at radius 3 is 2.55 bits per heavy atom. The first-order valence-electron chi connectivity index (χ1n) is 13.0. The molecule has 1 fully saturated rings. The van der Waals surface area contributed by atoms with Crippen LogP contribution in [0.2, 0.25) is 0 Å². The van der Waals surface area contributed by atoms with Crippen molar-refractivity contribution in [3.05, 3.63) is 54.7 Å². The molecule has 228 valence electrons. The van der Waals surface area contributed by atoms with Crippen LogP contribution in [0.15, 0.2) is 54.7 Å². The second-order valence-corrected chi connectivity index (χ2v) is 13.3. The molecule has 2 aliphatic rings. The smallest absolute Gasteiger partial charge is 0.323 e. The molecule has 1 saturated heterocycles. The number of aliphatic hydroxyl groups is 2. The number of carbonyl (C=O) groups is 3. The van der Waals surface area contributed by atoms with Crippen molar-refractivity contribution < 1.29 is 51.9 Å². The van der Waals surface area contributed by atoms with Crippen LogP contribution in [0.5, 0.6) is 5.75 Å². The van der Waals surface area contributed by atoms with Crippen LogP contribution in [0.4, 0.5) is 8.78 Å². The van der Waals surface area contributed by atoms with E-state index in [1.807, 2.05) is 18.2 Å². The summed E-state index contributed by atoms with van der Waals surface area (Å²) >= 11 is 5.67. The molecule has 4 rings (SSSR count). The Morgan fingerprint density at radius 2 is 1.88 bits per heavy atom. The fourth-order valence-electron chi connectivity index (χ4n) is 4.47. The molecule has 2 aromatic carbocycles. The Kier molecular flexibility index (Phi) is 9.78. The van der Waals surface area contributed by atoms with Gasteiger partial charge in [0.2, 0.25) is 5.91 Å². The zero-order valence-electron chi connectivity index (χ0n) is 22.9. The van der Waals surface area contributed by atoms with Gasteiger partial charge >= 0.3 is 12.6 Å². The molecule has 2 heterocycles. The van der Waals surface area contributed by atoms with Crippen LogP contribution >= 0.6 is 6.64 Å². The van der Waals surface area contributed by atoms with Crippen molar-refractivity contribution in [3.8, 4) is 5.75 Å². The van der Waals surface area contributed by atoms with Gasteiger partial charge in [-0.2, -0.15) is 0 Å². The summed E-state index contributed by atoms with van der Waals surface area (Å²) < 4.78 is 51.9. The summed E-state index contributed by atoms with van der Waals surface area (Å²) in [5.74, 6) is -1.80. The maximum atomic E-state index is 14.7. The molecule has 0 saturated carbocycles. The molecule has 2 aliphatic heterocycles. The SMILES string of the molecule is CC(C)OC(=O)[C@H](C)NP(=S)(OC[C@@]1(C(F)F)O[C@@H](N2C=CC(=O)CC2=O)[C@@H](O)[C@@H]1O)Oc1cccc2ccccc12. The number of hydrogen-bond acceptors (Lipinski definition) is 10. The van der Waals surface area contributed by atoms with Gasteiger partial charge in [-0.05, 0) is 50.1 Å². The highest BCUT2D eigenvalue weighted by Crippen LogP contribution is 2.50. The monoisotopic (exact) mass is 628 g/mol. The van der Waals surface area contributed by atoms with E-state index in [9.17, 15) is 33.4 Å². The number of aliphatic hydroxyl groups excluding tert-OH is 2. The number of fused-ring (bicyclic) bond motifs is 1. The lowest BCUT2D eigenvalue weighted by Gasteiger charge is -2.35. The number of esters is 1. The molecule has 0 bridgehead atoms. The van der Waals surface area contributed by atoms with Crippen molar-refractivity contribution in [2.75, 3.05) is 6.61 Å². The number of hydrogen-bond donors (Lipinski definition) is 3. The molecule has 15 heteroatoms. The Hall–Kier alpha value is -2.84. The maximum Gasteiger partial charge on any atom is 0.323 e. The van der Waals surface area contributed by atoms with E-state index in [1.54, 1.807) is 38.1 Å². The van der Waals surface area contributed by atoms with Gasteiger partial charge in [0.1, 0.15) is 24.0 Å². The van der Waals surface area contributed by atoms with E-state index in [2.05, 4.69) is 5.09 Å². The number of amides is 1. The molecule has 3 N–H and O–H groups in total. The molecule has 0 aliphatic carbocycles. The number of ketones is 1. The van der Waals surface area contributed by atoms with Gasteiger partial charge in [0.05, 0.1) is 19.1 Å². The van der Waals surface area contributed by atoms with Gasteiger partial charge in [-0.25, -0.2) is 13.9 Å². The van der Waals surface area contributed by atoms with Crippen molar-refractivity contribution in [2.45, 2.75) is 69.8 Å². The fourth-order valence-corrected chi connectivity index (χ4v) is 6.89. The zero-order chi connectivity index (χ0) is 30.8. The Labute approximate surface area is 245 Å². The predicted octanol–water partition coefficient (Wildman–Crippen LogP) is 2.79. The second-order valence-electron chi connectivity index (χ2n) is 10.1. The maximum absolute atomic E-state index is 14.7. The van der Waals surface area contributed by atoms with E-state index in [4.69, 9.17) is 30.3 Å². The topological polar surface area (TPSA) is 144 Å². The van der Waals surface area contributed by atoms with Crippen LogP contribution in [0.25, 0.3) is 10.8 Å². The molecule has 42 heavy (non-hydrogen) atoms. The number of nitrogens with zero attached hydrogens (tertiary/aromatic N) is 1. The van der Waals surface area contributed by atoms with Gasteiger partial charge in [-0.15, -0.1) is 0 Å². The van der Waals surface area contributed by atoms with Crippen LogP contribution in [0.3, 0.4) is 0 Å². The first-order chi connectivity index (χ1) is 19.8. The van der Waals surface area contributed by atoms with Gasteiger partial charge < -0.3 is 28.7 Å². The number of allylic oxidation sites excluding steroid dienone is 1. The van der Waals surface area contributed by atoms with Gasteiger partial charge in [-0.3, -0.25) is 19.3 Å². The quantitative estimate of drug-likeness (QED) is 0.192. The van der Waals surface area contributed by atoms with Gasteiger partial charge in [0.25, 0.3) is 6.43 Å². The number of halogens is 2. The summed E-state index contributed by atoms with van der Waals surface area (Å²) in [5, 5.41) is 25.6. The highest BCUT2D eigenvalue weighted by Gasteiger charge is 2.62. The fraction of sp³-hybridized carbons (Fsp3) is 0.444. The van der Waals surface area contributed by atoms with Crippen molar-refractivity contribution in [2.24, 2.45) is 0 Å². The first kappa shape index (κ1) is 32.1. The third-order valence-corrected chi connectivity index (χ3v) is 9.09. The molecule has 11 nitrogen and oxygen atoms in total. The van der Waals surface area contributed by atoms with E-state index in [-0.39, 0.29) is 5.75 Å². The number of carbonyl (C=O) groups excluding carboxylic acids is 3. The molecule has 0 aromatic heterocycles. The van der Waals surface area contributed by atoms with Crippen LogP contribution in [-0.2, 0) is 40.2 Å². The number of rotatable bonds is 11. The van der Waals surface area contributed by atoms with Crippen molar-refractivity contribution in [3.63, 3.8) is 0 Å². The minimum Gasteiger partial charge on any atom is -0.462 e. The minimum absolute atomic E-state index is 0.235. The largest absolute Gasteiger partial charge is 0.462 e. The van der Waals surface area contributed by atoms with Gasteiger partial charge in [0.15, 0.2) is 17.6 Å². The first-order valence-corrected chi connectivity index (χ1v) is 15.6. The lowest BCUT2D eigenvalue weighted by Crippen LogP contribution is -2.53. The Morgan fingerprint density at radius 1 is 1.19 bits per heavy atom. The van der Waals surface area contributed by atoms with Crippen LogP contribution in [0, 0.1) is 0 Å². The number of nitrogens with one attached hydrogen (secondary N) is 1. The average molecular weight is 629 g/mol. The lowest BCUT2D eigenvalue weighted by atomic mass is 9.96. The third kappa shape index (κ3) is 6.70. The molecule has 2 aromatic rings. The lowest BCUT2D eigenvalue weighted by molar-refractivity contribution is -0.199. The van der Waals surface area contributed by atoms with Crippen molar-refractivity contribution in [1.82, 2.24) is 9.99 Å². The molecule has 0 radical (unpaired) electrons. The average Bonchev–Trinajstić information content (AvgIpc) is 3.18. The highest BCUT2D eigenvalue weighted by atomic mass is 32.5. The Balaban J connectivity index is 1.65. The van der Waals surface area contributed by atoms with E-state index >= 15 is 0 Å². The van der Waals surface area contributed by atoms with Crippen molar-refractivity contribution >= 4 is 46.9 Å². The van der Waals surface area contributed by atoms with Crippen molar-refractivity contribution in [1.29, 1.82) is 0 Å². The van der Waals surface area contributed by atoms with E-state index in [0.717, 1.165) is 22.6 Å². The molecule has 6 atom stereocenters. The summed E-state index contributed by atoms with van der Waals surface area (Å²) in [6, 6.07) is 11.1. The summed E-state index contributed by atoms with van der Waals surface area (Å²) in [5.41, 5.74) is -2.87. The summed E-state index contributed by atoms with van der Waals surface area (Å²) in [6.45, 7) is -0.294. The normalized spacial score (nSPS) is 26.6. The number of benzene rings is 2. The zero-order valence-corrected chi connectivity index (χ0v) is 24.6. The number of alkyl halides is 2. The molecular weight excluding hydrogens is 597 g/mol. The van der Waals surface area contributed by atoms with Crippen LogP contribution in [-0.4, -0.2) is 82.0 Å². The van der Waals surface area contributed by atoms with Crippen LogP contribution in [0.1, 0.15) is 27.2 Å². The van der Waals surface area contributed by atoms with Crippen LogP contribution < -0.4 is 9.61 Å².